The van der Waals surface area contributed by atoms with Crippen LogP contribution in [0.5, 0.6) is 0 Å². The minimum Gasteiger partial charge on any atom is -0.462 e. The van der Waals surface area contributed by atoms with Crippen molar-refractivity contribution < 1.29 is 68.2 Å². The normalized spacial score (nSPS) is 22.7. The summed E-state index contributed by atoms with van der Waals surface area (Å²) in [7, 11) is -5.19. The van der Waals surface area contributed by atoms with E-state index in [0.29, 0.717) is 12.8 Å². The van der Waals surface area contributed by atoms with Crippen molar-refractivity contribution in [1.82, 2.24) is 0 Å². The lowest BCUT2D eigenvalue weighted by Crippen LogP contribution is -2.64. The molecular weight excluding hydrogens is 868 g/mol. The molecule has 9 atom stereocenters. The van der Waals surface area contributed by atoms with Gasteiger partial charge in [0.15, 0.2) is 6.10 Å². The Hall–Kier alpha value is -3.53. The molecule has 0 amide bonds. The molecule has 15 heteroatoms. The summed E-state index contributed by atoms with van der Waals surface area (Å²) < 4.78 is 33.3. The second-order valence-corrected chi connectivity index (χ2v) is 17.5. The first kappa shape index (κ1) is 60.5. The summed E-state index contributed by atoms with van der Waals surface area (Å²) in [6.07, 6.45) is 37.5. The Labute approximate surface area is 394 Å². The van der Waals surface area contributed by atoms with Crippen LogP contribution in [0.4, 0.5) is 0 Å². The van der Waals surface area contributed by atoms with Crippen LogP contribution in [0.1, 0.15) is 136 Å². The summed E-state index contributed by atoms with van der Waals surface area (Å²) in [6.45, 7) is 2.94. The number of phosphoric acid groups is 1. The number of carbonyl (C=O) groups excluding carboxylic acids is 2. The number of rotatable bonds is 37. The molecule has 1 saturated carbocycles. The zero-order valence-corrected chi connectivity index (χ0v) is 40.2. The number of carbonyl (C=O) groups is 2. The van der Waals surface area contributed by atoms with Gasteiger partial charge in [0.1, 0.15) is 43.2 Å². The van der Waals surface area contributed by atoms with Crippen molar-refractivity contribution in [3.05, 3.63) is 109 Å². The molecule has 7 N–H and O–H groups in total. The number of aliphatic hydroxyl groups excluding tert-OH is 6. The van der Waals surface area contributed by atoms with Gasteiger partial charge in [0.05, 0.1) is 12.7 Å². The fourth-order valence-electron chi connectivity index (χ4n) is 6.38. The molecule has 1 fully saturated rings. The van der Waals surface area contributed by atoms with Crippen LogP contribution in [0.25, 0.3) is 0 Å². The molecule has 0 heterocycles. The molecular formula is C51H81O14P. The highest BCUT2D eigenvalue weighted by Gasteiger charge is 2.51. The first-order chi connectivity index (χ1) is 31.8. The lowest BCUT2D eigenvalue weighted by atomic mass is 9.85. The molecule has 374 valence electrons. The number of aliphatic hydroxyl groups is 6. The van der Waals surface area contributed by atoms with E-state index in [1.165, 1.54) is 38.5 Å². The summed E-state index contributed by atoms with van der Waals surface area (Å²) in [6, 6.07) is 0. The molecule has 0 radical (unpaired) electrons. The van der Waals surface area contributed by atoms with Gasteiger partial charge in [0.25, 0.3) is 0 Å². The Kier molecular flexibility index (Phi) is 36.2. The van der Waals surface area contributed by atoms with Crippen molar-refractivity contribution in [2.45, 2.75) is 185 Å². The zero-order chi connectivity index (χ0) is 48.7. The Balaban J connectivity index is 2.60. The van der Waals surface area contributed by atoms with Gasteiger partial charge in [-0.05, 0) is 77.0 Å². The van der Waals surface area contributed by atoms with Crippen molar-refractivity contribution in [2.24, 2.45) is 0 Å². The largest absolute Gasteiger partial charge is 0.472 e. The Morgan fingerprint density at radius 1 is 0.561 bits per heavy atom. The van der Waals surface area contributed by atoms with Crippen LogP contribution in [-0.2, 0) is 32.7 Å². The predicted octanol–water partition coefficient (Wildman–Crippen LogP) is 8.58. The molecule has 0 aromatic heterocycles. The summed E-state index contributed by atoms with van der Waals surface area (Å²) >= 11 is 0. The van der Waals surface area contributed by atoms with Gasteiger partial charge in [-0.2, -0.15) is 0 Å². The van der Waals surface area contributed by atoms with Crippen molar-refractivity contribution in [3.63, 3.8) is 0 Å². The van der Waals surface area contributed by atoms with Gasteiger partial charge in [-0.1, -0.05) is 155 Å². The van der Waals surface area contributed by atoms with Gasteiger partial charge in [-0.25, -0.2) is 4.57 Å². The van der Waals surface area contributed by atoms with E-state index < -0.39 is 81.8 Å². The van der Waals surface area contributed by atoms with Gasteiger partial charge in [-0.15, -0.1) is 0 Å². The average Bonchev–Trinajstić information content (AvgIpc) is 3.29. The SMILES string of the molecule is CC/C=C\C/C=C\C/C=C\C/C=C\C/C=C\C/C=C\CCC(=O)O[C@H](COC(=O)CCCC(O)/C=C/C=C/C/C=C/CCCCCCCC)COP(=O)(O)OC1[C@H](O)[C@H](O)C(O)[C@H](O)[C@H]1O. The first-order valence-corrected chi connectivity index (χ1v) is 25.3. The minimum atomic E-state index is -5.19. The van der Waals surface area contributed by atoms with Gasteiger partial charge < -0.3 is 45.0 Å². The summed E-state index contributed by atoms with van der Waals surface area (Å²) in [5, 5.41) is 60.5. The van der Waals surface area contributed by atoms with E-state index in [0.717, 1.165) is 44.9 Å². The van der Waals surface area contributed by atoms with E-state index in [2.05, 4.69) is 74.6 Å². The summed E-state index contributed by atoms with van der Waals surface area (Å²) in [5.74, 6) is -1.41. The lowest BCUT2D eigenvalue weighted by molar-refractivity contribution is -0.220. The summed E-state index contributed by atoms with van der Waals surface area (Å²) in [4.78, 5) is 35.7. The monoisotopic (exact) mass is 949 g/mol. The van der Waals surface area contributed by atoms with Crippen molar-refractivity contribution in [3.8, 4) is 0 Å². The maximum atomic E-state index is 12.8. The molecule has 0 bridgehead atoms. The second kappa shape index (κ2) is 39.5. The van der Waals surface area contributed by atoms with Crippen molar-refractivity contribution in [1.29, 1.82) is 0 Å². The maximum absolute atomic E-state index is 12.8. The number of hydrogen-bond donors (Lipinski definition) is 7. The fraction of sp³-hybridized carbons (Fsp3) is 0.608. The molecule has 1 rings (SSSR count). The standard InChI is InChI=1S/C51H81O14P/c1-3-5-7-9-11-13-15-17-18-19-20-21-22-24-26-28-30-32-34-38-45(54)64-43(41-63-66(60,61)65-51-49(58)47(56)46(55)48(57)50(51)59)40-62-44(53)39-35-37-42(52)36-33-31-29-27-25-23-16-14-12-10-8-6-4-2/h5,7,11,13,17-18,20-21,23-26,29-33,36,42-43,46-52,55-59H,3-4,6,8-10,12,14-16,19,22,27-28,34-35,37-41H2,1-2H3,(H,60,61)/b7-5-,13-11-,18-17-,21-20-,25-23+,26-24-,31-29+,32-30-,36-33+/t42?,43-,46?,47-,48+,49-,50-,51?/m1/s1. The fourth-order valence-corrected chi connectivity index (χ4v) is 7.35. The lowest BCUT2D eigenvalue weighted by Gasteiger charge is -2.41. The van der Waals surface area contributed by atoms with Gasteiger partial charge >= 0.3 is 19.8 Å². The van der Waals surface area contributed by atoms with E-state index in [4.69, 9.17) is 18.5 Å². The van der Waals surface area contributed by atoms with Crippen LogP contribution in [-0.4, -0.2) is 110 Å². The molecule has 0 spiro atoms. The highest BCUT2D eigenvalue weighted by molar-refractivity contribution is 7.47. The number of phosphoric ester groups is 1. The third-order valence-electron chi connectivity index (χ3n) is 10.2. The molecule has 0 aromatic carbocycles. The van der Waals surface area contributed by atoms with Crippen molar-refractivity contribution >= 4 is 19.8 Å². The molecule has 4 unspecified atom stereocenters. The van der Waals surface area contributed by atoms with E-state index in [1.807, 2.05) is 30.4 Å². The number of unbranched alkanes of at least 4 members (excludes halogenated alkanes) is 6. The summed E-state index contributed by atoms with van der Waals surface area (Å²) in [5.41, 5.74) is 0. The van der Waals surface area contributed by atoms with Crippen LogP contribution in [0.2, 0.25) is 0 Å². The van der Waals surface area contributed by atoms with Gasteiger partial charge in [0, 0.05) is 12.8 Å². The molecule has 66 heavy (non-hydrogen) atoms. The zero-order valence-electron chi connectivity index (χ0n) is 39.3. The number of ether oxygens (including phenoxy) is 2. The van der Waals surface area contributed by atoms with Crippen molar-refractivity contribution in [2.75, 3.05) is 13.2 Å². The average molecular weight is 949 g/mol. The van der Waals surface area contributed by atoms with E-state index in [1.54, 1.807) is 18.2 Å². The Morgan fingerprint density at radius 2 is 1.06 bits per heavy atom. The van der Waals surface area contributed by atoms with E-state index in [9.17, 15) is 49.7 Å². The first-order valence-electron chi connectivity index (χ1n) is 23.8. The van der Waals surface area contributed by atoms with Crippen LogP contribution in [0.3, 0.4) is 0 Å². The molecule has 0 saturated heterocycles. The van der Waals surface area contributed by atoms with Crippen LogP contribution < -0.4 is 0 Å². The quantitative estimate of drug-likeness (QED) is 0.0102. The number of hydrogen-bond acceptors (Lipinski definition) is 13. The smallest absolute Gasteiger partial charge is 0.462 e. The highest BCUT2D eigenvalue weighted by Crippen LogP contribution is 2.47. The topological polar surface area (TPSA) is 230 Å². The molecule has 1 aliphatic carbocycles. The van der Waals surface area contributed by atoms with Crippen LogP contribution in [0, 0.1) is 0 Å². The highest BCUT2D eigenvalue weighted by atomic mass is 31.2. The molecule has 14 nitrogen and oxygen atoms in total. The van der Waals surface area contributed by atoms with Crippen LogP contribution >= 0.6 is 7.82 Å². The molecule has 0 aliphatic heterocycles. The minimum absolute atomic E-state index is 0.0744. The number of allylic oxidation sites excluding steroid dienone is 17. The predicted molar refractivity (Wildman–Crippen MR) is 259 cm³/mol. The molecule has 1 aliphatic rings. The van der Waals surface area contributed by atoms with E-state index >= 15 is 0 Å². The Morgan fingerprint density at radius 3 is 1.64 bits per heavy atom. The molecule has 0 aromatic rings. The Bertz CT molecular complexity index is 1580. The second-order valence-electron chi connectivity index (χ2n) is 16.1. The van der Waals surface area contributed by atoms with Gasteiger partial charge in [0.2, 0.25) is 0 Å². The number of esters is 2. The third kappa shape index (κ3) is 31.4. The van der Waals surface area contributed by atoms with E-state index in [-0.39, 0.29) is 25.7 Å². The third-order valence-corrected chi connectivity index (χ3v) is 11.2. The maximum Gasteiger partial charge on any atom is 0.472 e. The van der Waals surface area contributed by atoms with Gasteiger partial charge in [-0.3, -0.25) is 18.6 Å². The van der Waals surface area contributed by atoms with Crippen LogP contribution in [0.15, 0.2) is 109 Å².